The first-order chi connectivity index (χ1) is 8.12. The molecule has 1 rings (SSSR count). The topological polar surface area (TPSA) is 86.4 Å². The summed E-state index contributed by atoms with van der Waals surface area (Å²) in [6.07, 6.45) is -7.17. The van der Waals surface area contributed by atoms with Gasteiger partial charge in [-0.25, -0.2) is 0 Å². The number of rotatable bonds is 3. The van der Waals surface area contributed by atoms with Gasteiger partial charge in [0.2, 0.25) is 0 Å². The van der Waals surface area contributed by atoms with Crippen molar-refractivity contribution >= 4 is 23.3 Å². The smallest absolute Gasteiger partial charge is 0.418 e. The standard InChI is InChI=1S/C10H9ClF3NO3/c11-6-2-4(3-7(16)9(17)18)1-5(8(6)15)10(12,13)14/h1-2,7,16H,3,15H2,(H,17,18)/p-1/t7-/m1/s1. The van der Waals surface area contributed by atoms with Crippen LogP contribution in [0, 0.1) is 0 Å². The molecule has 0 spiro atoms. The highest BCUT2D eigenvalue weighted by atomic mass is 35.5. The molecule has 0 amide bonds. The number of carboxylic acid groups (broad SMARTS) is 1. The molecule has 8 heteroatoms. The Balaban J connectivity index is 3.17. The number of carbonyl (C=O) groups excluding carboxylic acids is 1. The molecule has 0 radical (unpaired) electrons. The van der Waals surface area contributed by atoms with Crippen molar-refractivity contribution in [1.29, 1.82) is 0 Å². The average Bonchev–Trinajstić information content (AvgIpc) is 2.21. The van der Waals surface area contributed by atoms with Gasteiger partial charge in [0, 0.05) is 6.42 Å². The van der Waals surface area contributed by atoms with Crippen molar-refractivity contribution < 1.29 is 28.2 Å². The fourth-order valence-electron chi connectivity index (χ4n) is 1.33. The Kier molecular flexibility index (Phi) is 4.08. The first-order valence-corrected chi connectivity index (χ1v) is 5.04. The van der Waals surface area contributed by atoms with E-state index in [1.807, 2.05) is 0 Å². The monoisotopic (exact) mass is 282 g/mol. The summed E-state index contributed by atoms with van der Waals surface area (Å²) in [6, 6.07) is 1.71. The van der Waals surface area contributed by atoms with Gasteiger partial charge in [0.1, 0.15) is 0 Å². The molecule has 3 N–H and O–H groups in total. The maximum Gasteiger partial charge on any atom is 0.418 e. The zero-order valence-corrected chi connectivity index (χ0v) is 9.55. The van der Waals surface area contributed by atoms with E-state index in [1.165, 1.54) is 0 Å². The van der Waals surface area contributed by atoms with Crippen LogP contribution in [0.4, 0.5) is 18.9 Å². The number of carboxylic acids is 1. The van der Waals surface area contributed by atoms with Crippen LogP contribution in [0.5, 0.6) is 0 Å². The molecule has 0 bridgehead atoms. The van der Waals surface area contributed by atoms with Crippen molar-refractivity contribution in [3.05, 3.63) is 28.3 Å². The van der Waals surface area contributed by atoms with Gasteiger partial charge in [-0.2, -0.15) is 13.2 Å². The summed E-state index contributed by atoms with van der Waals surface area (Å²) in [6.45, 7) is 0. The fourth-order valence-corrected chi connectivity index (χ4v) is 1.57. The Morgan fingerprint density at radius 1 is 1.50 bits per heavy atom. The number of alkyl halides is 3. The van der Waals surface area contributed by atoms with Gasteiger partial charge in [0.05, 0.1) is 28.3 Å². The van der Waals surface area contributed by atoms with E-state index < -0.39 is 35.9 Å². The minimum Gasteiger partial charge on any atom is -0.547 e. The largest absolute Gasteiger partial charge is 0.547 e. The number of anilines is 1. The summed E-state index contributed by atoms with van der Waals surface area (Å²) in [7, 11) is 0. The van der Waals surface area contributed by atoms with Crippen LogP contribution in [0.25, 0.3) is 0 Å². The molecule has 1 aromatic rings. The Labute approximate surface area is 105 Å². The zero-order valence-electron chi connectivity index (χ0n) is 8.79. The van der Waals surface area contributed by atoms with Crippen LogP contribution in [0.1, 0.15) is 11.1 Å². The molecule has 0 fully saturated rings. The van der Waals surface area contributed by atoms with Crippen LogP contribution in [0.3, 0.4) is 0 Å². The summed E-state index contributed by atoms with van der Waals surface area (Å²) in [5.74, 6) is -1.78. The molecule has 0 aliphatic carbocycles. The van der Waals surface area contributed by atoms with Gasteiger partial charge in [0.25, 0.3) is 0 Å². The molecular weight excluding hydrogens is 275 g/mol. The molecule has 100 valence electrons. The SMILES string of the molecule is Nc1c(Cl)cc(C[C@@H](O)C(=O)[O-])cc1C(F)(F)F. The second-order valence-electron chi connectivity index (χ2n) is 3.58. The summed E-state index contributed by atoms with van der Waals surface area (Å²) in [5.41, 5.74) is 3.27. The van der Waals surface area contributed by atoms with E-state index >= 15 is 0 Å². The van der Waals surface area contributed by atoms with Gasteiger partial charge in [-0.05, 0) is 17.7 Å². The Morgan fingerprint density at radius 2 is 2.06 bits per heavy atom. The fraction of sp³-hybridized carbons (Fsp3) is 0.300. The molecule has 0 aliphatic heterocycles. The molecule has 0 saturated heterocycles. The normalized spacial score (nSPS) is 13.4. The lowest BCUT2D eigenvalue weighted by Crippen LogP contribution is -2.36. The molecule has 0 aliphatic rings. The van der Waals surface area contributed by atoms with Crippen molar-refractivity contribution in [3.8, 4) is 0 Å². The number of halogens is 4. The predicted molar refractivity (Wildman–Crippen MR) is 55.6 cm³/mol. The van der Waals surface area contributed by atoms with E-state index in [0.29, 0.717) is 6.07 Å². The number of hydrogen-bond acceptors (Lipinski definition) is 4. The third-order valence-electron chi connectivity index (χ3n) is 2.20. The Morgan fingerprint density at radius 3 is 2.50 bits per heavy atom. The lowest BCUT2D eigenvalue weighted by molar-refractivity contribution is -0.314. The molecule has 18 heavy (non-hydrogen) atoms. The molecule has 0 heterocycles. The predicted octanol–water partition coefficient (Wildman–Crippen LogP) is 0.594. The van der Waals surface area contributed by atoms with Crippen LogP contribution in [-0.2, 0) is 17.4 Å². The second kappa shape index (κ2) is 5.03. The lowest BCUT2D eigenvalue weighted by Gasteiger charge is -2.16. The number of benzene rings is 1. The third kappa shape index (κ3) is 3.27. The lowest BCUT2D eigenvalue weighted by atomic mass is 10.0. The molecule has 4 nitrogen and oxygen atoms in total. The van der Waals surface area contributed by atoms with Crippen molar-refractivity contribution in [2.75, 3.05) is 5.73 Å². The third-order valence-corrected chi connectivity index (χ3v) is 2.51. The summed E-state index contributed by atoms with van der Waals surface area (Å²) >= 11 is 5.52. The molecule has 0 unspecified atom stereocenters. The van der Waals surface area contributed by atoms with Crippen molar-refractivity contribution in [2.24, 2.45) is 0 Å². The first-order valence-electron chi connectivity index (χ1n) is 4.67. The van der Waals surface area contributed by atoms with E-state index in [0.717, 1.165) is 6.07 Å². The molecule has 1 atom stereocenters. The highest BCUT2D eigenvalue weighted by molar-refractivity contribution is 6.33. The van der Waals surface area contributed by atoms with Crippen LogP contribution in [0.15, 0.2) is 12.1 Å². The van der Waals surface area contributed by atoms with E-state index in [9.17, 15) is 23.1 Å². The number of aliphatic hydroxyl groups is 1. The van der Waals surface area contributed by atoms with Gasteiger partial charge >= 0.3 is 6.18 Å². The maximum absolute atomic E-state index is 12.6. The van der Waals surface area contributed by atoms with E-state index in [4.69, 9.17) is 22.4 Å². The van der Waals surface area contributed by atoms with Gasteiger partial charge < -0.3 is 20.7 Å². The number of hydrogen-bond donors (Lipinski definition) is 2. The van der Waals surface area contributed by atoms with Crippen LogP contribution in [-0.4, -0.2) is 17.2 Å². The number of nitrogen functional groups attached to an aromatic ring is 1. The van der Waals surface area contributed by atoms with E-state index in [-0.39, 0.29) is 10.6 Å². The van der Waals surface area contributed by atoms with Gasteiger partial charge in [-0.3, -0.25) is 0 Å². The van der Waals surface area contributed by atoms with Gasteiger partial charge in [0.15, 0.2) is 0 Å². The van der Waals surface area contributed by atoms with Crippen molar-refractivity contribution in [3.63, 3.8) is 0 Å². The van der Waals surface area contributed by atoms with Gasteiger partial charge in [-0.1, -0.05) is 11.6 Å². The second-order valence-corrected chi connectivity index (χ2v) is 3.98. The molecular formula is C10H8ClF3NO3-. The van der Waals surface area contributed by atoms with Crippen LogP contribution >= 0.6 is 11.6 Å². The van der Waals surface area contributed by atoms with Crippen molar-refractivity contribution in [2.45, 2.75) is 18.7 Å². The highest BCUT2D eigenvalue weighted by Gasteiger charge is 2.34. The zero-order chi connectivity index (χ0) is 14.1. The number of carbonyl (C=O) groups is 1. The molecule has 0 saturated carbocycles. The van der Waals surface area contributed by atoms with E-state index in [2.05, 4.69) is 0 Å². The average molecular weight is 283 g/mol. The minimum absolute atomic E-state index is 0.0989. The van der Waals surface area contributed by atoms with Crippen LogP contribution < -0.4 is 10.8 Å². The van der Waals surface area contributed by atoms with Crippen LogP contribution in [0.2, 0.25) is 5.02 Å². The summed E-state index contributed by atoms with van der Waals surface area (Å²) in [5, 5.41) is 19.0. The molecule has 1 aromatic carbocycles. The number of nitrogens with two attached hydrogens (primary N) is 1. The minimum atomic E-state index is -4.71. The van der Waals surface area contributed by atoms with Gasteiger partial charge in [-0.15, -0.1) is 0 Å². The molecule has 0 aromatic heterocycles. The Hall–Kier alpha value is -1.47. The number of aliphatic carboxylic acids is 1. The highest BCUT2D eigenvalue weighted by Crippen LogP contribution is 2.37. The first kappa shape index (κ1) is 14.6. The summed E-state index contributed by atoms with van der Waals surface area (Å²) in [4.78, 5) is 10.3. The number of aliphatic hydroxyl groups excluding tert-OH is 1. The quantitative estimate of drug-likeness (QED) is 0.795. The Bertz CT molecular complexity index is 476. The maximum atomic E-state index is 12.6. The van der Waals surface area contributed by atoms with E-state index in [1.54, 1.807) is 0 Å². The van der Waals surface area contributed by atoms with Crippen molar-refractivity contribution in [1.82, 2.24) is 0 Å². The summed E-state index contributed by atoms with van der Waals surface area (Å²) < 4.78 is 37.7.